The van der Waals surface area contributed by atoms with Crippen molar-refractivity contribution in [2.24, 2.45) is 0 Å². The molecule has 4 heteroatoms. The Balaban J connectivity index is 2.97. The number of methoxy groups -OCH3 is 1. The number of rotatable bonds is 5. The Kier molecular flexibility index (Phi) is 4.47. The molecule has 0 saturated heterocycles. The summed E-state index contributed by atoms with van der Waals surface area (Å²) in [5.41, 5.74) is 1.10. The van der Waals surface area contributed by atoms with E-state index >= 15 is 0 Å². The van der Waals surface area contributed by atoms with Gasteiger partial charge in [0.15, 0.2) is 0 Å². The van der Waals surface area contributed by atoms with Crippen LogP contribution in [0.4, 0.5) is 0 Å². The average molecular weight is 245 g/mol. The van der Waals surface area contributed by atoms with Gasteiger partial charge in [-0.2, -0.15) is 0 Å². The molecule has 0 aromatic heterocycles. The SMILES string of the molecule is C=CCc1ccc([O][Zn]=[O])c(OC)c1. The molecular formula is C10H11O3Zn. The molecule has 0 amide bonds. The van der Waals surface area contributed by atoms with Crippen LogP contribution in [0.3, 0.4) is 0 Å². The monoisotopic (exact) mass is 243 g/mol. The van der Waals surface area contributed by atoms with Crippen molar-refractivity contribution in [1.82, 2.24) is 0 Å². The van der Waals surface area contributed by atoms with Gasteiger partial charge in [0.25, 0.3) is 0 Å². The molecule has 0 aliphatic rings. The van der Waals surface area contributed by atoms with Gasteiger partial charge in [0, 0.05) is 0 Å². The Labute approximate surface area is 91.0 Å². The molecule has 0 atom stereocenters. The molecule has 3 nitrogen and oxygen atoms in total. The van der Waals surface area contributed by atoms with E-state index in [0.717, 1.165) is 12.0 Å². The fraction of sp³-hybridized carbons (Fsp3) is 0.200. The summed E-state index contributed by atoms with van der Waals surface area (Å²) < 4.78 is 20.6. The zero-order valence-electron chi connectivity index (χ0n) is 8.16. The molecule has 0 fully saturated rings. The van der Waals surface area contributed by atoms with Crippen molar-refractivity contribution in [3.63, 3.8) is 0 Å². The van der Waals surface area contributed by atoms with Gasteiger partial charge >= 0.3 is 90.8 Å². The second-order valence-corrected chi connectivity index (χ2v) is 3.84. The van der Waals surface area contributed by atoms with E-state index in [0.29, 0.717) is 11.5 Å². The Morgan fingerprint density at radius 1 is 1.50 bits per heavy atom. The maximum absolute atomic E-state index is 10.5. The van der Waals surface area contributed by atoms with Crippen molar-refractivity contribution in [2.75, 3.05) is 7.11 Å². The van der Waals surface area contributed by atoms with Gasteiger partial charge in [0.2, 0.25) is 0 Å². The first kappa shape index (κ1) is 11.1. The molecule has 0 N–H and O–H groups in total. The average Bonchev–Trinajstić information content (AvgIpc) is 2.21. The molecule has 0 unspecified atom stereocenters. The van der Waals surface area contributed by atoms with E-state index in [1.165, 1.54) is 0 Å². The second-order valence-electron chi connectivity index (χ2n) is 2.74. The molecule has 0 spiro atoms. The van der Waals surface area contributed by atoms with Crippen molar-refractivity contribution in [3.8, 4) is 11.5 Å². The van der Waals surface area contributed by atoms with Gasteiger partial charge in [0.05, 0.1) is 0 Å². The van der Waals surface area contributed by atoms with Gasteiger partial charge in [-0.25, -0.2) is 0 Å². The predicted octanol–water partition coefficient (Wildman–Crippen LogP) is 2.15. The summed E-state index contributed by atoms with van der Waals surface area (Å²) in [6.07, 6.45) is 2.61. The summed E-state index contributed by atoms with van der Waals surface area (Å²) in [5, 5.41) is 0. The second kappa shape index (κ2) is 5.66. The van der Waals surface area contributed by atoms with E-state index in [9.17, 15) is 3.57 Å². The number of allylic oxidation sites excluding steroid dienone is 1. The van der Waals surface area contributed by atoms with E-state index < -0.39 is 17.4 Å². The molecule has 0 heterocycles. The number of hydrogen-bond acceptors (Lipinski definition) is 3. The van der Waals surface area contributed by atoms with E-state index in [4.69, 9.17) is 8.30 Å². The summed E-state index contributed by atoms with van der Waals surface area (Å²) in [5.74, 6) is 1.20. The van der Waals surface area contributed by atoms with Gasteiger partial charge in [-0.15, -0.1) is 0 Å². The van der Waals surface area contributed by atoms with Crippen LogP contribution in [0.1, 0.15) is 5.56 Å². The molecule has 0 radical (unpaired) electrons. The van der Waals surface area contributed by atoms with Crippen LogP contribution in [0.2, 0.25) is 0 Å². The molecule has 71 valence electrons. The molecule has 0 bridgehead atoms. The van der Waals surface area contributed by atoms with Crippen molar-refractivity contribution < 1.29 is 29.3 Å². The summed E-state index contributed by atoms with van der Waals surface area (Å²) in [6, 6.07) is 5.56. The third-order valence-electron chi connectivity index (χ3n) is 1.82. The van der Waals surface area contributed by atoms with Crippen LogP contribution < -0.4 is 8.30 Å². The standard InChI is InChI=1S/C10H12O2.O.Zn/c1-3-4-8-5-6-9(11)10(7-8)12-2;;/h3,5-7,11H,1,4H2,2H3;;/q;;+1/p-1. The molecule has 0 saturated carbocycles. The topological polar surface area (TPSA) is 35.5 Å². The van der Waals surface area contributed by atoms with Crippen molar-refractivity contribution in [1.29, 1.82) is 0 Å². The van der Waals surface area contributed by atoms with E-state index in [-0.39, 0.29) is 0 Å². The van der Waals surface area contributed by atoms with E-state index in [1.807, 2.05) is 18.2 Å². The summed E-state index contributed by atoms with van der Waals surface area (Å²) >= 11 is -2.07. The third-order valence-corrected chi connectivity index (χ3v) is 2.72. The third kappa shape index (κ3) is 2.74. The summed E-state index contributed by atoms with van der Waals surface area (Å²) in [7, 11) is 1.57. The minimum atomic E-state index is -2.07. The van der Waals surface area contributed by atoms with E-state index in [2.05, 4.69) is 6.58 Å². The molecular weight excluding hydrogens is 233 g/mol. The summed E-state index contributed by atoms with van der Waals surface area (Å²) in [4.78, 5) is 0. The van der Waals surface area contributed by atoms with Crippen molar-refractivity contribution >= 4 is 0 Å². The van der Waals surface area contributed by atoms with Crippen LogP contribution >= 0.6 is 0 Å². The van der Waals surface area contributed by atoms with Crippen LogP contribution in [0, 0.1) is 0 Å². The molecule has 1 rings (SSSR count). The maximum atomic E-state index is 10.5. The molecule has 1 aromatic carbocycles. The van der Waals surface area contributed by atoms with E-state index in [1.54, 1.807) is 13.2 Å². The molecule has 1 aromatic rings. The molecule has 0 aliphatic heterocycles. The zero-order chi connectivity index (χ0) is 10.4. The first-order valence-electron chi connectivity index (χ1n) is 4.30. The number of ether oxygens (including phenoxy) is 1. The van der Waals surface area contributed by atoms with Gasteiger partial charge in [-0.1, -0.05) is 0 Å². The van der Waals surface area contributed by atoms with Crippen LogP contribution in [0.25, 0.3) is 0 Å². The minimum absolute atomic E-state index is 0.565. The fourth-order valence-electron chi connectivity index (χ4n) is 1.19. The van der Waals surface area contributed by atoms with Crippen LogP contribution in [-0.4, -0.2) is 7.11 Å². The van der Waals surface area contributed by atoms with Crippen molar-refractivity contribution in [3.05, 3.63) is 36.4 Å². The Morgan fingerprint density at radius 3 is 2.86 bits per heavy atom. The first-order valence-corrected chi connectivity index (χ1v) is 6.72. The Bertz CT molecular complexity index is 336. The van der Waals surface area contributed by atoms with Crippen LogP contribution in [0.15, 0.2) is 30.9 Å². The van der Waals surface area contributed by atoms with Gasteiger partial charge < -0.3 is 0 Å². The Morgan fingerprint density at radius 2 is 2.29 bits per heavy atom. The normalized spacial score (nSPS) is 8.93. The number of benzene rings is 1. The first-order chi connectivity index (χ1) is 6.81. The Hall–Kier alpha value is -1.02. The summed E-state index contributed by atoms with van der Waals surface area (Å²) in [6.45, 7) is 3.66. The molecule has 0 aliphatic carbocycles. The van der Waals surface area contributed by atoms with Gasteiger partial charge in [-0.05, 0) is 0 Å². The van der Waals surface area contributed by atoms with Crippen molar-refractivity contribution in [2.45, 2.75) is 6.42 Å². The predicted molar refractivity (Wildman–Crippen MR) is 48.2 cm³/mol. The zero-order valence-corrected chi connectivity index (χ0v) is 11.1. The van der Waals surface area contributed by atoms with Crippen LogP contribution in [0.5, 0.6) is 11.5 Å². The fourth-order valence-corrected chi connectivity index (χ4v) is 1.96. The van der Waals surface area contributed by atoms with Crippen LogP contribution in [-0.2, 0) is 27.4 Å². The quantitative estimate of drug-likeness (QED) is 0.588. The number of hydrogen-bond donors (Lipinski definition) is 0. The van der Waals surface area contributed by atoms with Gasteiger partial charge in [0.1, 0.15) is 0 Å². The molecule has 14 heavy (non-hydrogen) atoms. The van der Waals surface area contributed by atoms with Gasteiger partial charge in [-0.3, -0.25) is 0 Å².